The van der Waals surface area contributed by atoms with Crippen molar-refractivity contribution < 1.29 is 5.11 Å². The Bertz CT molecular complexity index is 312. The fourth-order valence-corrected chi connectivity index (χ4v) is 1.53. The van der Waals surface area contributed by atoms with E-state index in [9.17, 15) is 5.11 Å². The number of hydrogen-bond donors (Lipinski definition) is 1. The van der Waals surface area contributed by atoms with Gasteiger partial charge in [-0.1, -0.05) is 24.3 Å². The van der Waals surface area contributed by atoms with Gasteiger partial charge in [0, 0.05) is 0 Å². The highest BCUT2D eigenvalue weighted by atomic mass is 16.3. The lowest BCUT2D eigenvalue weighted by Crippen LogP contribution is -1.88. The van der Waals surface area contributed by atoms with Gasteiger partial charge in [-0.2, -0.15) is 0 Å². The Kier molecular flexibility index (Phi) is 1.33. The Labute approximate surface area is 66.0 Å². The molecule has 1 atom stereocenters. The minimum atomic E-state index is -0.383. The molecule has 1 aliphatic carbocycles. The zero-order valence-corrected chi connectivity index (χ0v) is 6.41. The second-order valence-electron chi connectivity index (χ2n) is 2.88. The summed E-state index contributed by atoms with van der Waals surface area (Å²) in [4.78, 5) is 0. The molecule has 0 radical (unpaired) electrons. The quantitative estimate of drug-likeness (QED) is 0.594. The molecule has 0 saturated heterocycles. The Morgan fingerprint density at radius 1 is 1.27 bits per heavy atom. The highest BCUT2D eigenvalue weighted by Gasteiger charge is 2.16. The minimum Gasteiger partial charge on any atom is -0.384 e. The monoisotopic (exact) mass is 146 g/mol. The number of benzene rings is 1. The summed E-state index contributed by atoms with van der Waals surface area (Å²) < 4.78 is 0. The lowest BCUT2D eigenvalue weighted by atomic mass is 10.1. The molecule has 0 unspecified atom stereocenters. The number of allylic oxidation sites excluding steroid dienone is 1. The molecule has 1 aromatic carbocycles. The van der Waals surface area contributed by atoms with Crippen LogP contribution in [-0.2, 0) is 0 Å². The summed E-state index contributed by atoms with van der Waals surface area (Å²) in [6.07, 6.45) is 1.50. The van der Waals surface area contributed by atoms with Crippen LogP contribution in [0.1, 0.15) is 24.2 Å². The summed E-state index contributed by atoms with van der Waals surface area (Å²) in [7, 11) is 0. The van der Waals surface area contributed by atoms with Crippen LogP contribution in [0, 0.1) is 0 Å². The Balaban J connectivity index is 2.62. The van der Waals surface area contributed by atoms with Crippen LogP contribution in [0.15, 0.2) is 30.3 Å². The maximum atomic E-state index is 9.48. The molecule has 1 N–H and O–H groups in total. The van der Waals surface area contributed by atoms with Crippen molar-refractivity contribution in [2.24, 2.45) is 0 Å². The highest BCUT2D eigenvalue weighted by molar-refractivity contribution is 5.72. The van der Waals surface area contributed by atoms with Gasteiger partial charge in [0.05, 0.1) is 6.10 Å². The van der Waals surface area contributed by atoms with E-state index in [1.165, 1.54) is 11.1 Å². The van der Waals surface area contributed by atoms with Crippen molar-refractivity contribution in [3.63, 3.8) is 0 Å². The second-order valence-corrected chi connectivity index (χ2v) is 2.88. The van der Waals surface area contributed by atoms with Crippen LogP contribution < -0.4 is 0 Å². The summed E-state index contributed by atoms with van der Waals surface area (Å²) in [5.74, 6) is 0. The van der Waals surface area contributed by atoms with Crippen LogP contribution in [0.3, 0.4) is 0 Å². The minimum absolute atomic E-state index is 0.383. The molecule has 0 saturated carbocycles. The van der Waals surface area contributed by atoms with E-state index in [1.54, 1.807) is 0 Å². The number of hydrogen-bond acceptors (Lipinski definition) is 1. The molecule has 0 aliphatic heterocycles. The van der Waals surface area contributed by atoms with Crippen molar-refractivity contribution in [2.45, 2.75) is 13.0 Å². The van der Waals surface area contributed by atoms with Gasteiger partial charge in [-0.05, 0) is 29.7 Å². The molecular formula is C10H10O. The number of aliphatic hydroxyl groups is 1. The summed E-state index contributed by atoms with van der Waals surface area (Å²) in [5, 5.41) is 9.48. The standard InChI is InChI=1S/C10H10O/c1-7-6-10(11)9-5-3-2-4-8(7)9/h2-6,10-11H,1H3/t10-/m0/s1. The van der Waals surface area contributed by atoms with Crippen molar-refractivity contribution in [1.82, 2.24) is 0 Å². The molecule has 1 aliphatic rings. The van der Waals surface area contributed by atoms with Crippen molar-refractivity contribution in [3.05, 3.63) is 41.5 Å². The van der Waals surface area contributed by atoms with Crippen molar-refractivity contribution >= 4 is 5.57 Å². The number of aliphatic hydroxyl groups excluding tert-OH is 1. The molecule has 0 bridgehead atoms. The van der Waals surface area contributed by atoms with Gasteiger partial charge in [0.1, 0.15) is 0 Å². The SMILES string of the molecule is CC1=C[C@H](O)c2ccccc21. The maximum Gasteiger partial charge on any atom is 0.0983 e. The summed E-state index contributed by atoms with van der Waals surface area (Å²) in [6.45, 7) is 2.02. The molecule has 0 spiro atoms. The maximum absolute atomic E-state index is 9.48. The van der Waals surface area contributed by atoms with Crippen LogP contribution in [0.5, 0.6) is 0 Å². The van der Waals surface area contributed by atoms with E-state index in [4.69, 9.17) is 0 Å². The largest absolute Gasteiger partial charge is 0.384 e. The lowest BCUT2D eigenvalue weighted by Gasteiger charge is -2.01. The van der Waals surface area contributed by atoms with Crippen molar-refractivity contribution in [3.8, 4) is 0 Å². The van der Waals surface area contributed by atoms with Crippen LogP contribution in [0.25, 0.3) is 5.57 Å². The summed E-state index contributed by atoms with van der Waals surface area (Å²) >= 11 is 0. The van der Waals surface area contributed by atoms with E-state index < -0.39 is 0 Å². The molecule has 2 rings (SSSR count). The van der Waals surface area contributed by atoms with E-state index in [1.807, 2.05) is 37.3 Å². The van der Waals surface area contributed by atoms with Gasteiger partial charge in [-0.15, -0.1) is 0 Å². The van der Waals surface area contributed by atoms with Gasteiger partial charge in [0.25, 0.3) is 0 Å². The topological polar surface area (TPSA) is 20.2 Å². The average molecular weight is 146 g/mol. The predicted molar refractivity (Wildman–Crippen MR) is 45.1 cm³/mol. The highest BCUT2D eigenvalue weighted by Crippen LogP contribution is 2.33. The van der Waals surface area contributed by atoms with Gasteiger partial charge in [-0.3, -0.25) is 0 Å². The number of fused-ring (bicyclic) bond motifs is 1. The van der Waals surface area contributed by atoms with E-state index in [2.05, 4.69) is 0 Å². The molecule has 1 nitrogen and oxygen atoms in total. The molecule has 0 aromatic heterocycles. The Morgan fingerprint density at radius 2 is 2.00 bits per heavy atom. The van der Waals surface area contributed by atoms with E-state index in [0.717, 1.165) is 5.56 Å². The van der Waals surface area contributed by atoms with Crippen molar-refractivity contribution in [2.75, 3.05) is 0 Å². The van der Waals surface area contributed by atoms with Gasteiger partial charge < -0.3 is 5.11 Å². The zero-order chi connectivity index (χ0) is 7.84. The molecule has 1 heteroatoms. The Hall–Kier alpha value is -1.08. The van der Waals surface area contributed by atoms with E-state index >= 15 is 0 Å². The first-order valence-electron chi connectivity index (χ1n) is 3.75. The van der Waals surface area contributed by atoms with Gasteiger partial charge >= 0.3 is 0 Å². The molecule has 11 heavy (non-hydrogen) atoms. The van der Waals surface area contributed by atoms with Gasteiger partial charge in [0.2, 0.25) is 0 Å². The first-order chi connectivity index (χ1) is 5.29. The summed E-state index contributed by atoms with van der Waals surface area (Å²) in [6, 6.07) is 7.95. The molecule has 56 valence electrons. The molecular weight excluding hydrogens is 136 g/mol. The fourth-order valence-electron chi connectivity index (χ4n) is 1.53. The van der Waals surface area contributed by atoms with Crippen LogP contribution in [-0.4, -0.2) is 5.11 Å². The average Bonchev–Trinajstić information content (AvgIpc) is 2.30. The first-order valence-corrected chi connectivity index (χ1v) is 3.75. The van der Waals surface area contributed by atoms with Crippen LogP contribution in [0.4, 0.5) is 0 Å². The van der Waals surface area contributed by atoms with Gasteiger partial charge in [-0.25, -0.2) is 0 Å². The van der Waals surface area contributed by atoms with E-state index in [-0.39, 0.29) is 6.10 Å². The normalized spacial score (nSPS) is 21.3. The van der Waals surface area contributed by atoms with Crippen LogP contribution >= 0.6 is 0 Å². The molecule has 1 aromatic rings. The zero-order valence-electron chi connectivity index (χ0n) is 6.41. The third-order valence-electron chi connectivity index (χ3n) is 2.11. The first kappa shape index (κ1) is 6.62. The third-order valence-corrected chi connectivity index (χ3v) is 2.11. The smallest absolute Gasteiger partial charge is 0.0983 e. The third kappa shape index (κ3) is 0.889. The van der Waals surface area contributed by atoms with E-state index in [0.29, 0.717) is 0 Å². The fraction of sp³-hybridized carbons (Fsp3) is 0.200. The molecule has 0 fully saturated rings. The van der Waals surface area contributed by atoms with Crippen molar-refractivity contribution in [1.29, 1.82) is 0 Å². The Morgan fingerprint density at radius 3 is 2.73 bits per heavy atom. The molecule has 0 amide bonds. The lowest BCUT2D eigenvalue weighted by molar-refractivity contribution is 0.232. The summed E-state index contributed by atoms with van der Waals surface area (Å²) in [5.41, 5.74) is 3.39. The molecule has 0 heterocycles. The number of rotatable bonds is 0. The van der Waals surface area contributed by atoms with Gasteiger partial charge in [0.15, 0.2) is 0 Å². The van der Waals surface area contributed by atoms with Crippen LogP contribution in [0.2, 0.25) is 0 Å². The predicted octanol–water partition coefficient (Wildman–Crippen LogP) is 2.14. The second kappa shape index (κ2) is 2.21.